The average molecular weight is 368 g/mol. The first-order chi connectivity index (χ1) is 13.5. The molecule has 2 aromatic carbocycles. The van der Waals surface area contributed by atoms with E-state index in [-0.39, 0.29) is 0 Å². The Bertz CT molecular complexity index is 1050. The summed E-state index contributed by atoms with van der Waals surface area (Å²) in [5.74, 6) is -2.74. The molecule has 0 unspecified atom stereocenters. The third-order valence-electron chi connectivity index (χ3n) is 5.75. The standard InChI is InChI=1S/C22H16N4O2/c1-20-17(15-8-4-2-5-9-15)21(12-23,13-24)22(14-25,19(26)28-20)18(27-20)16-10-6-3-7-11-16/h2-11,17-18,26H,1H3/t17-,18-,20+,22-/m1/s1. The molecule has 136 valence electrons. The van der Waals surface area contributed by atoms with Crippen LogP contribution in [0.5, 0.6) is 0 Å². The van der Waals surface area contributed by atoms with Gasteiger partial charge in [-0.3, -0.25) is 5.41 Å². The minimum absolute atomic E-state index is 0.409. The fraction of sp³-hybridized carbons (Fsp3) is 0.273. The van der Waals surface area contributed by atoms with Crippen LogP contribution in [-0.2, 0) is 9.47 Å². The summed E-state index contributed by atoms with van der Waals surface area (Å²) in [7, 11) is 0. The van der Waals surface area contributed by atoms with Gasteiger partial charge in [0.15, 0.2) is 10.8 Å². The maximum atomic E-state index is 10.3. The van der Waals surface area contributed by atoms with Gasteiger partial charge in [0, 0.05) is 6.92 Å². The van der Waals surface area contributed by atoms with Gasteiger partial charge in [-0.1, -0.05) is 60.7 Å². The Balaban J connectivity index is 2.05. The Morgan fingerprint density at radius 1 is 0.857 bits per heavy atom. The lowest BCUT2D eigenvalue weighted by Gasteiger charge is -2.61. The Labute approximate surface area is 162 Å². The average Bonchev–Trinajstić information content (AvgIpc) is 2.73. The Kier molecular flexibility index (Phi) is 3.75. The van der Waals surface area contributed by atoms with Crippen LogP contribution in [-0.4, -0.2) is 11.7 Å². The van der Waals surface area contributed by atoms with Crippen molar-refractivity contribution >= 4 is 5.90 Å². The van der Waals surface area contributed by atoms with Crippen LogP contribution in [0.1, 0.15) is 30.1 Å². The highest BCUT2D eigenvalue weighted by Gasteiger charge is 2.79. The van der Waals surface area contributed by atoms with E-state index in [0.29, 0.717) is 11.1 Å². The number of rotatable bonds is 2. The molecule has 3 fully saturated rings. The van der Waals surface area contributed by atoms with Gasteiger partial charge in [-0.25, -0.2) is 0 Å². The van der Waals surface area contributed by atoms with Crippen LogP contribution in [0.4, 0.5) is 0 Å². The van der Waals surface area contributed by atoms with Crippen molar-refractivity contribution in [2.24, 2.45) is 10.8 Å². The topological polar surface area (TPSA) is 114 Å². The maximum Gasteiger partial charge on any atom is 0.219 e. The smallest absolute Gasteiger partial charge is 0.219 e. The third kappa shape index (κ3) is 1.94. The first kappa shape index (κ1) is 17.7. The molecule has 6 heteroatoms. The third-order valence-corrected chi connectivity index (χ3v) is 5.75. The number of nitrogens with one attached hydrogen (secondary N) is 1. The molecule has 5 rings (SSSR count). The highest BCUT2D eigenvalue weighted by molar-refractivity contribution is 5.89. The van der Waals surface area contributed by atoms with Crippen molar-refractivity contribution in [3.63, 3.8) is 0 Å². The zero-order valence-electron chi connectivity index (χ0n) is 15.1. The molecule has 3 heterocycles. The molecular weight excluding hydrogens is 352 g/mol. The van der Waals surface area contributed by atoms with Gasteiger partial charge in [-0.15, -0.1) is 0 Å². The molecule has 3 saturated heterocycles. The lowest BCUT2D eigenvalue weighted by atomic mass is 9.49. The number of nitriles is 3. The van der Waals surface area contributed by atoms with Crippen LogP contribution in [0.15, 0.2) is 60.7 Å². The molecule has 0 radical (unpaired) electrons. The summed E-state index contributed by atoms with van der Waals surface area (Å²) in [5.41, 5.74) is -2.52. The zero-order valence-corrected chi connectivity index (χ0v) is 15.1. The van der Waals surface area contributed by atoms with E-state index < -0.39 is 34.5 Å². The predicted octanol–water partition coefficient (Wildman–Crippen LogP) is 3.81. The first-order valence-corrected chi connectivity index (χ1v) is 8.78. The normalized spacial score (nSPS) is 32.4. The van der Waals surface area contributed by atoms with Gasteiger partial charge < -0.3 is 9.47 Å². The van der Waals surface area contributed by atoms with E-state index in [1.54, 1.807) is 55.5 Å². The fourth-order valence-corrected chi connectivity index (χ4v) is 4.55. The largest absolute Gasteiger partial charge is 0.447 e. The summed E-state index contributed by atoms with van der Waals surface area (Å²) < 4.78 is 12.0. The van der Waals surface area contributed by atoms with Gasteiger partial charge in [-0.2, -0.15) is 15.8 Å². The summed E-state index contributed by atoms with van der Waals surface area (Å²) >= 11 is 0. The van der Waals surface area contributed by atoms with Crippen LogP contribution in [0.25, 0.3) is 0 Å². The molecule has 2 aromatic rings. The van der Waals surface area contributed by atoms with E-state index >= 15 is 0 Å². The Morgan fingerprint density at radius 2 is 1.39 bits per heavy atom. The number of hydrogen-bond donors (Lipinski definition) is 1. The van der Waals surface area contributed by atoms with E-state index in [9.17, 15) is 15.8 Å². The van der Waals surface area contributed by atoms with Crippen LogP contribution in [0.3, 0.4) is 0 Å². The van der Waals surface area contributed by atoms with Crippen molar-refractivity contribution in [1.82, 2.24) is 0 Å². The summed E-state index contributed by atoms with van der Waals surface area (Å²) in [6, 6.07) is 24.2. The van der Waals surface area contributed by atoms with E-state index in [4.69, 9.17) is 14.9 Å². The van der Waals surface area contributed by atoms with Crippen LogP contribution in [0.2, 0.25) is 0 Å². The second-order valence-electron chi connectivity index (χ2n) is 7.15. The molecule has 6 nitrogen and oxygen atoms in total. The van der Waals surface area contributed by atoms with Crippen LogP contribution in [0, 0.1) is 50.2 Å². The summed E-state index contributed by atoms with van der Waals surface area (Å²) in [6.45, 7) is 1.62. The number of benzene rings is 2. The van der Waals surface area contributed by atoms with Crippen LogP contribution < -0.4 is 0 Å². The zero-order chi connectivity index (χ0) is 20.0. The van der Waals surface area contributed by atoms with Gasteiger partial charge >= 0.3 is 0 Å². The van der Waals surface area contributed by atoms with E-state index in [1.807, 2.05) is 12.1 Å². The first-order valence-electron chi connectivity index (χ1n) is 8.78. The second kappa shape index (κ2) is 5.92. The number of fused-ring (bicyclic) bond motifs is 3. The van der Waals surface area contributed by atoms with Gasteiger partial charge in [0.05, 0.1) is 24.1 Å². The highest BCUT2D eigenvalue weighted by atomic mass is 16.7. The lowest BCUT2D eigenvalue weighted by Crippen LogP contribution is -2.70. The second-order valence-corrected chi connectivity index (χ2v) is 7.15. The summed E-state index contributed by atoms with van der Waals surface area (Å²) in [5, 5.41) is 39.3. The van der Waals surface area contributed by atoms with Gasteiger partial charge in [-0.05, 0) is 11.1 Å². The highest BCUT2D eigenvalue weighted by Crippen LogP contribution is 2.69. The molecule has 1 N–H and O–H groups in total. The van der Waals surface area contributed by atoms with Crippen LogP contribution >= 0.6 is 0 Å². The van der Waals surface area contributed by atoms with Crippen molar-refractivity contribution in [3.8, 4) is 18.2 Å². The van der Waals surface area contributed by atoms with E-state index in [0.717, 1.165) is 0 Å². The van der Waals surface area contributed by atoms with E-state index in [1.165, 1.54) is 0 Å². The Hall–Kier alpha value is -3.66. The molecule has 28 heavy (non-hydrogen) atoms. The fourth-order valence-electron chi connectivity index (χ4n) is 4.55. The van der Waals surface area contributed by atoms with Crippen molar-refractivity contribution in [2.45, 2.75) is 24.7 Å². The molecule has 0 amide bonds. The van der Waals surface area contributed by atoms with Crippen molar-refractivity contribution in [2.75, 3.05) is 0 Å². The quantitative estimate of drug-likeness (QED) is 0.866. The van der Waals surface area contributed by atoms with Gasteiger partial charge in [0.25, 0.3) is 0 Å². The monoisotopic (exact) mass is 368 g/mol. The van der Waals surface area contributed by atoms with Gasteiger partial charge in [0.2, 0.25) is 11.7 Å². The SMILES string of the molecule is C[C@@]12OC(=N)[C@@](C#N)([C@@H](c3ccccc3)O1)C(C#N)(C#N)[C@@H]2c1ccccc1. The molecule has 4 atom stereocenters. The molecule has 3 aliphatic rings. The molecule has 0 spiro atoms. The molecule has 2 bridgehead atoms. The molecule has 0 aromatic heterocycles. The molecular formula is C22H16N4O2. The molecule has 0 saturated carbocycles. The lowest BCUT2D eigenvalue weighted by molar-refractivity contribution is -0.323. The maximum absolute atomic E-state index is 10.3. The summed E-state index contributed by atoms with van der Waals surface area (Å²) in [6.07, 6.45) is -0.982. The minimum atomic E-state index is -1.91. The number of ether oxygens (including phenoxy) is 2. The van der Waals surface area contributed by atoms with Crippen molar-refractivity contribution in [1.29, 1.82) is 21.2 Å². The Morgan fingerprint density at radius 3 is 1.89 bits per heavy atom. The molecule has 3 aliphatic heterocycles. The minimum Gasteiger partial charge on any atom is -0.447 e. The van der Waals surface area contributed by atoms with Crippen molar-refractivity contribution < 1.29 is 9.47 Å². The molecule has 0 aliphatic carbocycles. The van der Waals surface area contributed by atoms with E-state index in [2.05, 4.69) is 18.2 Å². The summed E-state index contributed by atoms with van der Waals surface area (Å²) in [4.78, 5) is 0. The predicted molar refractivity (Wildman–Crippen MR) is 98.4 cm³/mol. The van der Waals surface area contributed by atoms with Gasteiger partial charge in [0.1, 0.15) is 6.10 Å². The van der Waals surface area contributed by atoms with Crippen molar-refractivity contribution in [3.05, 3.63) is 71.8 Å². The number of hydrogen-bond acceptors (Lipinski definition) is 6. The number of nitrogens with zero attached hydrogens (tertiary/aromatic N) is 3.